The van der Waals surface area contributed by atoms with E-state index in [1.54, 1.807) is 48.5 Å². The van der Waals surface area contributed by atoms with Gasteiger partial charge < -0.3 is 5.32 Å². The molecule has 1 atom stereocenters. The van der Waals surface area contributed by atoms with Crippen LogP contribution in [0, 0.1) is 13.8 Å². The second-order valence-electron chi connectivity index (χ2n) is 8.62. The van der Waals surface area contributed by atoms with Crippen LogP contribution in [-0.4, -0.2) is 20.9 Å². The molecule has 0 aromatic heterocycles. The molecule has 0 bridgehead atoms. The first-order valence-electron chi connectivity index (χ1n) is 11.5. The summed E-state index contributed by atoms with van der Waals surface area (Å²) < 4.78 is 28.4. The molecule has 7 heteroatoms. The quantitative estimate of drug-likeness (QED) is 0.308. The van der Waals surface area contributed by atoms with Gasteiger partial charge in [-0.2, -0.15) is 0 Å². The lowest BCUT2D eigenvalue weighted by atomic mass is 9.98. The summed E-state index contributed by atoms with van der Waals surface area (Å²) in [6.45, 7) is 3.49. The molecule has 4 aromatic rings. The molecule has 0 unspecified atom stereocenters. The normalized spacial score (nSPS) is 12.1. The molecule has 0 fully saturated rings. The van der Waals surface area contributed by atoms with Crippen molar-refractivity contribution in [3.8, 4) is 0 Å². The largest absolute Gasteiger partial charge is 0.344 e. The SMILES string of the molecule is Cc1ccc([C@@H](NC(=O)CN(c2ccc(Cl)cc2)S(=O)(=O)c2ccc(C)cc2)c2ccccc2)cc1. The standard InChI is InChI=1S/C29H27ClN2O3S/c1-21-8-12-24(13-9-21)29(23-6-4-3-5-7-23)31-28(33)20-32(26-16-14-25(30)15-17-26)36(34,35)27-18-10-22(2)11-19-27/h3-19,29H,20H2,1-2H3,(H,31,33)/t29-/m0/s1. The van der Waals surface area contributed by atoms with E-state index in [0.29, 0.717) is 10.7 Å². The fourth-order valence-corrected chi connectivity index (χ4v) is 5.41. The second kappa shape index (κ2) is 11.0. The molecular formula is C29H27ClN2O3S. The predicted octanol–water partition coefficient (Wildman–Crippen LogP) is 6.06. The van der Waals surface area contributed by atoms with Crippen molar-refractivity contribution in [1.29, 1.82) is 0 Å². The molecule has 0 spiro atoms. The van der Waals surface area contributed by atoms with Crippen molar-refractivity contribution < 1.29 is 13.2 Å². The zero-order chi connectivity index (χ0) is 25.7. The van der Waals surface area contributed by atoms with Crippen LogP contribution in [0.15, 0.2) is 108 Å². The third-order valence-electron chi connectivity index (χ3n) is 5.86. The van der Waals surface area contributed by atoms with Gasteiger partial charge >= 0.3 is 0 Å². The lowest BCUT2D eigenvalue weighted by molar-refractivity contribution is -0.120. The van der Waals surface area contributed by atoms with E-state index in [-0.39, 0.29) is 4.90 Å². The number of aryl methyl sites for hydroxylation is 2. The number of nitrogens with one attached hydrogen (secondary N) is 1. The molecule has 4 rings (SSSR count). The average molecular weight is 519 g/mol. The fourth-order valence-electron chi connectivity index (χ4n) is 3.86. The Balaban J connectivity index is 1.68. The van der Waals surface area contributed by atoms with Gasteiger partial charge in [0, 0.05) is 5.02 Å². The van der Waals surface area contributed by atoms with Crippen molar-refractivity contribution in [2.75, 3.05) is 10.8 Å². The number of benzene rings is 4. The Kier molecular flexibility index (Phi) is 7.77. The summed E-state index contributed by atoms with van der Waals surface area (Å²) in [5.74, 6) is -0.435. The molecule has 184 valence electrons. The van der Waals surface area contributed by atoms with Gasteiger partial charge in [0.2, 0.25) is 5.91 Å². The van der Waals surface area contributed by atoms with Crippen LogP contribution in [-0.2, 0) is 14.8 Å². The number of rotatable bonds is 8. The van der Waals surface area contributed by atoms with Gasteiger partial charge in [-0.3, -0.25) is 9.10 Å². The minimum atomic E-state index is -4.02. The van der Waals surface area contributed by atoms with E-state index < -0.39 is 28.5 Å². The molecule has 0 aliphatic rings. The summed E-state index contributed by atoms with van der Waals surface area (Å²) in [5, 5.41) is 3.51. The molecule has 0 heterocycles. The van der Waals surface area contributed by atoms with Crippen molar-refractivity contribution >= 4 is 33.2 Å². The van der Waals surface area contributed by atoms with E-state index in [4.69, 9.17) is 11.6 Å². The van der Waals surface area contributed by atoms with Crippen LogP contribution in [0.25, 0.3) is 0 Å². The maximum atomic E-state index is 13.6. The Morgan fingerprint density at radius 1 is 0.778 bits per heavy atom. The van der Waals surface area contributed by atoms with E-state index in [9.17, 15) is 13.2 Å². The van der Waals surface area contributed by atoms with Gasteiger partial charge in [-0.15, -0.1) is 0 Å². The summed E-state index contributed by atoms with van der Waals surface area (Å²) in [7, 11) is -4.02. The molecule has 5 nitrogen and oxygen atoms in total. The van der Waals surface area contributed by atoms with Gasteiger partial charge in [-0.05, 0) is 61.4 Å². The molecule has 0 saturated heterocycles. The highest BCUT2D eigenvalue weighted by Crippen LogP contribution is 2.27. The number of amides is 1. The van der Waals surface area contributed by atoms with Gasteiger partial charge in [-0.25, -0.2) is 8.42 Å². The number of sulfonamides is 1. The molecule has 0 radical (unpaired) electrons. The number of carbonyl (C=O) groups excluding carboxylic acids is 1. The van der Waals surface area contributed by atoms with Gasteiger partial charge in [0.1, 0.15) is 6.54 Å². The van der Waals surface area contributed by atoms with Gasteiger partial charge in [-0.1, -0.05) is 89.5 Å². The van der Waals surface area contributed by atoms with Crippen LogP contribution in [0.4, 0.5) is 5.69 Å². The first kappa shape index (κ1) is 25.5. The van der Waals surface area contributed by atoms with Crippen molar-refractivity contribution in [3.05, 3.63) is 130 Å². The van der Waals surface area contributed by atoms with Crippen LogP contribution < -0.4 is 9.62 Å². The first-order valence-corrected chi connectivity index (χ1v) is 13.3. The Morgan fingerprint density at radius 3 is 1.89 bits per heavy atom. The summed E-state index contributed by atoms with van der Waals surface area (Å²) in [5.41, 5.74) is 4.19. The monoisotopic (exact) mass is 518 g/mol. The molecule has 1 N–H and O–H groups in total. The number of halogens is 1. The van der Waals surface area contributed by atoms with E-state index in [2.05, 4.69) is 5.32 Å². The van der Waals surface area contributed by atoms with Crippen LogP contribution >= 0.6 is 11.6 Å². The summed E-state index contributed by atoms with van der Waals surface area (Å²) in [6.07, 6.45) is 0. The maximum absolute atomic E-state index is 13.6. The number of hydrogen-bond acceptors (Lipinski definition) is 3. The Labute approximate surface area is 217 Å². The van der Waals surface area contributed by atoms with E-state index >= 15 is 0 Å². The van der Waals surface area contributed by atoms with Crippen molar-refractivity contribution in [2.45, 2.75) is 24.8 Å². The minimum absolute atomic E-state index is 0.106. The first-order chi connectivity index (χ1) is 17.2. The molecule has 0 aliphatic heterocycles. The second-order valence-corrected chi connectivity index (χ2v) is 10.9. The highest BCUT2D eigenvalue weighted by molar-refractivity contribution is 7.92. The Morgan fingerprint density at radius 2 is 1.31 bits per heavy atom. The molecule has 1 amide bonds. The highest BCUT2D eigenvalue weighted by Gasteiger charge is 2.28. The van der Waals surface area contributed by atoms with Crippen LogP contribution in [0.5, 0.6) is 0 Å². The fraction of sp³-hybridized carbons (Fsp3) is 0.138. The van der Waals surface area contributed by atoms with Gasteiger partial charge in [0.15, 0.2) is 0 Å². The smallest absolute Gasteiger partial charge is 0.264 e. The third-order valence-corrected chi connectivity index (χ3v) is 7.90. The van der Waals surface area contributed by atoms with Gasteiger partial charge in [0.05, 0.1) is 16.6 Å². The number of nitrogens with zero attached hydrogens (tertiary/aromatic N) is 1. The topological polar surface area (TPSA) is 66.5 Å². The third kappa shape index (κ3) is 5.96. The zero-order valence-electron chi connectivity index (χ0n) is 20.1. The highest BCUT2D eigenvalue weighted by atomic mass is 35.5. The average Bonchev–Trinajstić information content (AvgIpc) is 2.88. The number of carbonyl (C=O) groups is 1. The van der Waals surface area contributed by atoms with Crippen molar-refractivity contribution in [3.63, 3.8) is 0 Å². The van der Waals surface area contributed by atoms with Gasteiger partial charge in [0.25, 0.3) is 10.0 Å². The van der Waals surface area contributed by atoms with E-state index in [1.807, 2.05) is 68.4 Å². The maximum Gasteiger partial charge on any atom is 0.264 e. The summed E-state index contributed by atoms with van der Waals surface area (Å²) in [6, 6.07) is 30.0. The van der Waals surface area contributed by atoms with Crippen LogP contribution in [0.3, 0.4) is 0 Å². The lowest BCUT2D eigenvalue weighted by Crippen LogP contribution is -2.42. The molecular weight excluding hydrogens is 492 g/mol. The summed E-state index contributed by atoms with van der Waals surface area (Å²) >= 11 is 6.04. The van der Waals surface area contributed by atoms with Crippen molar-refractivity contribution in [2.24, 2.45) is 0 Å². The molecule has 36 heavy (non-hydrogen) atoms. The molecule has 4 aromatic carbocycles. The van der Waals surface area contributed by atoms with Crippen LogP contribution in [0.1, 0.15) is 28.3 Å². The lowest BCUT2D eigenvalue weighted by Gasteiger charge is -2.26. The van der Waals surface area contributed by atoms with Crippen molar-refractivity contribution in [1.82, 2.24) is 5.32 Å². The molecule has 0 aliphatic carbocycles. The Hall–Kier alpha value is -3.61. The minimum Gasteiger partial charge on any atom is -0.344 e. The predicted molar refractivity (Wildman–Crippen MR) is 145 cm³/mol. The zero-order valence-corrected chi connectivity index (χ0v) is 21.6. The Bertz CT molecular complexity index is 1420. The number of anilines is 1. The number of hydrogen-bond donors (Lipinski definition) is 1. The van der Waals surface area contributed by atoms with Crippen LogP contribution in [0.2, 0.25) is 5.02 Å². The van der Waals surface area contributed by atoms with E-state index in [0.717, 1.165) is 26.6 Å². The van der Waals surface area contributed by atoms with E-state index in [1.165, 1.54) is 0 Å². The molecule has 0 saturated carbocycles. The summed E-state index contributed by atoms with van der Waals surface area (Å²) in [4.78, 5) is 13.5.